The minimum Gasteiger partial charge on any atom is -0.345 e. The van der Waals surface area contributed by atoms with Gasteiger partial charge >= 0.3 is 0 Å². The zero-order valence-electron chi connectivity index (χ0n) is 20.9. The number of allylic oxidation sites excluding steroid dienone is 1. The Balaban J connectivity index is 1.39. The van der Waals surface area contributed by atoms with E-state index in [-0.39, 0.29) is 36.0 Å². The van der Waals surface area contributed by atoms with E-state index in [4.69, 9.17) is 4.98 Å². The van der Waals surface area contributed by atoms with Crippen LogP contribution in [0.15, 0.2) is 41.6 Å². The molecular formula is C26H33N7O3. The van der Waals surface area contributed by atoms with Crippen LogP contribution in [0.1, 0.15) is 68.8 Å². The minimum atomic E-state index is -0.304. The summed E-state index contributed by atoms with van der Waals surface area (Å²) in [6, 6.07) is 3.32. The zero-order valence-corrected chi connectivity index (χ0v) is 20.9. The molecule has 1 aliphatic carbocycles. The number of fused-ring (bicyclic) bond motifs is 1. The SMILES string of the molecule is CN(C)C(=O)/C=C/CCCC(=O)Nc1cccn(Cc2nc3c(C4CCCCC4)ncnc3[nH]2)c1=O. The molecule has 2 amide bonds. The Morgan fingerprint density at radius 1 is 1.22 bits per heavy atom. The van der Waals surface area contributed by atoms with Crippen LogP contribution in [0.4, 0.5) is 5.69 Å². The summed E-state index contributed by atoms with van der Waals surface area (Å²) in [4.78, 5) is 55.2. The summed E-state index contributed by atoms with van der Waals surface area (Å²) < 4.78 is 1.51. The van der Waals surface area contributed by atoms with Crippen molar-refractivity contribution in [3.05, 3.63) is 58.7 Å². The first-order valence-electron chi connectivity index (χ1n) is 12.5. The van der Waals surface area contributed by atoms with Crippen LogP contribution in [-0.4, -0.2) is 55.3 Å². The highest BCUT2D eigenvalue weighted by molar-refractivity contribution is 5.90. The number of nitrogens with one attached hydrogen (secondary N) is 2. The number of carbonyl (C=O) groups is 2. The molecule has 0 unspecified atom stereocenters. The summed E-state index contributed by atoms with van der Waals surface area (Å²) in [6.07, 6.45) is 13.8. The molecule has 10 heteroatoms. The van der Waals surface area contributed by atoms with Gasteiger partial charge in [0.15, 0.2) is 5.65 Å². The fourth-order valence-electron chi connectivity index (χ4n) is 4.49. The summed E-state index contributed by atoms with van der Waals surface area (Å²) >= 11 is 0. The van der Waals surface area contributed by atoms with Gasteiger partial charge in [0, 0.05) is 32.6 Å². The Labute approximate surface area is 209 Å². The van der Waals surface area contributed by atoms with Crippen molar-refractivity contribution < 1.29 is 9.59 Å². The first kappa shape index (κ1) is 25.3. The number of H-pyrrole nitrogens is 1. The van der Waals surface area contributed by atoms with E-state index in [2.05, 4.69) is 20.3 Å². The van der Waals surface area contributed by atoms with E-state index in [1.165, 1.54) is 34.8 Å². The number of carbonyl (C=O) groups excluding carboxylic acids is 2. The van der Waals surface area contributed by atoms with Gasteiger partial charge in [-0.15, -0.1) is 0 Å². The number of aromatic nitrogens is 5. The lowest BCUT2D eigenvalue weighted by Gasteiger charge is -2.20. The Morgan fingerprint density at radius 2 is 2.03 bits per heavy atom. The third-order valence-corrected chi connectivity index (χ3v) is 6.44. The van der Waals surface area contributed by atoms with Gasteiger partial charge in [-0.2, -0.15) is 0 Å². The van der Waals surface area contributed by atoms with E-state index in [1.807, 2.05) is 0 Å². The number of amides is 2. The molecule has 190 valence electrons. The van der Waals surface area contributed by atoms with Gasteiger partial charge in [0.1, 0.15) is 23.4 Å². The Bertz CT molecular complexity index is 1300. The van der Waals surface area contributed by atoms with Gasteiger partial charge < -0.3 is 19.8 Å². The van der Waals surface area contributed by atoms with E-state index in [0.717, 1.165) is 24.1 Å². The molecule has 0 bridgehead atoms. The van der Waals surface area contributed by atoms with Crippen LogP contribution in [0.3, 0.4) is 0 Å². The predicted molar refractivity (Wildman–Crippen MR) is 138 cm³/mol. The molecule has 1 fully saturated rings. The Morgan fingerprint density at radius 3 is 2.81 bits per heavy atom. The number of aromatic amines is 1. The Kier molecular flexibility index (Phi) is 8.24. The van der Waals surface area contributed by atoms with Crippen LogP contribution >= 0.6 is 0 Å². The lowest BCUT2D eigenvalue weighted by atomic mass is 9.86. The van der Waals surface area contributed by atoms with Crippen LogP contribution in [0.5, 0.6) is 0 Å². The first-order chi connectivity index (χ1) is 17.4. The van der Waals surface area contributed by atoms with Gasteiger partial charge in [-0.25, -0.2) is 15.0 Å². The fourth-order valence-corrected chi connectivity index (χ4v) is 4.49. The number of nitrogens with zero attached hydrogens (tertiary/aromatic N) is 5. The van der Waals surface area contributed by atoms with Gasteiger partial charge in [0.05, 0.1) is 12.2 Å². The molecule has 10 nitrogen and oxygen atoms in total. The maximum absolute atomic E-state index is 13.0. The lowest BCUT2D eigenvalue weighted by molar-refractivity contribution is -0.123. The summed E-state index contributed by atoms with van der Waals surface area (Å²) in [5.74, 6) is 0.678. The number of hydrogen-bond donors (Lipinski definition) is 2. The van der Waals surface area contributed by atoms with Crippen LogP contribution in [0.2, 0.25) is 0 Å². The van der Waals surface area contributed by atoms with Crippen molar-refractivity contribution in [1.29, 1.82) is 0 Å². The summed E-state index contributed by atoms with van der Waals surface area (Å²) in [5, 5.41) is 2.71. The number of pyridine rings is 1. The molecule has 0 aromatic carbocycles. The normalized spacial score (nSPS) is 14.4. The standard InChI is InChI=1S/C26H33N7O3/c1-32(2)22(35)14-8-4-7-13-21(34)29-19-12-9-15-33(26(19)36)16-20-30-24-23(18-10-5-3-6-11-18)27-17-28-25(24)31-20/h8-9,12,14-15,17-18H,3-7,10-11,13,16H2,1-2H3,(H,29,34)(H,27,28,30,31)/b14-8+. The lowest BCUT2D eigenvalue weighted by Crippen LogP contribution is -2.26. The zero-order chi connectivity index (χ0) is 25.5. The maximum Gasteiger partial charge on any atom is 0.274 e. The molecule has 1 saturated carbocycles. The van der Waals surface area contributed by atoms with Crippen molar-refractivity contribution in [2.45, 2.75) is 63.8 Å². The average molecular weight is 492 g/mol. The van der Waals surface area contributed by atoms with Gasteiger partial charge in [0.25, 0.3) is 5.56 Å². The molecule has 36 heavy (non-hydrogen) atoms. The molecule has 0 atom stereocenters. The van der Waals surface area contributed by atoms with E-state index in [1.54, 1.807) is 44.8 Å². The molecule has 4 rings (SSSR count). The van der Waals surface area contributed by atoms with Crippen LogP contribution in [-0.2, 0) is 16.1 Å². The largest absolute Gasteiger partial charge is 0.345 e. The molecule has 0 spiro atoms. The fraction of sp³-hybridized carbons (Fsp3) is 0.462. The van der Waals surface area contributed by atoms with Gasteiger partial charge in [-0.05, 0) is 43.9 Å². The third-order valence-electron chi connectivity index (χ3n) is 6.44. The van der Waals surface area contributed by atoms with Gasteiger partial charge in [-0.1, -0.05) is 25.3 Å². The summed E-state index contributed by atoms with van der Waals surface area (Å²) in [5.41, 5.74) is 2.36. The minimum absolute atomic E-state index is 0.0917. The second-order valence-electron chi connectivity index (χ2n) is 9.40. The number of likely N-dealkylation sites (N-methyl/N-ethyl adjacent to an activating group) is 1. The molecule has 3 aromatic rings. The first-order valence-corrected chi connectivity index (χ1v) is 12.5. The van der Waals surface area contributed by atoms with Crippen molar-refractivity contribution in [3.8, 4) is 0 Å². The molecule has 3 heterocycles. The van der Waals surface area contributed by atoms with Crippen molar-refractivity contribution in [1.82, 2.24) is 29.4 Å². The predicted octanol–water partition coefficient (Wildman–Crippen LogP) is 3.36. The van der Waals surface area contributed by atoms with Crippen LogP contribution < -0.4 is 10.9 Å². The summed E-state index contributed by atoms with van der Waals surface area (Å²) in [7, 11) is 3.37. The van der Waals surface area contributed by atoms with Crippen molar-refractivity contribution in [2.24, 2.45) is 0 Å². The second kappa shape index (κ2) is 11.7. The quantitative estimate of drug-likeness (QED) is 0.349. The van der Waals surface area contributed by atoms with E-state index >= 15 is 0 Å². The maximum atomic E-state index is 13.0. The van der Waals surface area contributed by atoms with E-state index in [0.29, 0.717) is 30.2 Å². The number of anilines is 1. The molecular weight excluding hydrogens is 458 g/mol. The van der Waals surface area contributed by atoms with Crippen LogP contribution in [0.25, 0.3) is 11.2 Å². The van der Waals surface area contributed by atoms with Gasteiger partial charge in [0.2, 0.25) is 11.8 Å². The molecule has 2 N–H and O–H groups in total. The van der Waals surface area contributed by atoms with E-state index in [9.17, 15) is 14.4 Å². The highest BCUT2D eigenvalue weighted by atomic mass is 16.2. The smallest absolute Gasteiger partial charge is 0.274 e. The third kappa shape index (κ3) is 6.24. The topological polar surface area (TPSA) is 126 Å². The van der Waals surface area contributed by atoms with Crippen molar-refractivity contribution >= 4 is 28.7 Å². The summed E-state index contributed by atoms with van der Waals surface area (Å²) in [6.45, 7) is 0.230. The molecule has 0 aliphatic heterocycles. The van der Waals surface area contributed by atoms with E-state index < -0.39 is 0 Å². The number of rotatable bonds is 9. The Hall–Kier alpha value is -3.82. The number of imidazole rings is 1. The van der Waals surface area contributed by atoms with Crippen molar-refractivity contribution in [2.75, 3.05) is 19.4 Å². The van der Waals surface area contributed by atoms with Gasteiger partial charge in [-0.3, -0.25) is 14.4 Å². The average Bonchev–Trinajstić information content (AvgIpc) is 3.29. The number of unbranched alkanes of at least 4 members (excludes halogenated alkanes) is 1. The highest BCUT2D eigenvalue weighted by Crippen LogP contribution is 2.33. The highest BCUT2D eigenvalue weighted by Gasteiger charge is 2.21. The van der Waals surface area contributed by atoms with Crippen LogP contribution in [0, 0.1) is 0 Å². The molecule has 3 aromatic heterocycles. The van der Waals surface area contributed by atoms with Crippen molar-refractivity contribution in [3.63, 3.8) is 0 Å². The number of hydrogen-bond acceptors (Lipinski definition) is 6. The molecule has 0 radical (unpaired) electrons. The molecule has 0 saturated heterocycles. The molecule has 1 aliphatic rings. The second-order valence-corrected chi connectivity index (χ2v) is 9.40. The monoisotopic (exact) mass is 491 g/mol.